The molecule has 15 heteroatoms. The van der Waals surface area contributed by atoms with Crippen LogP contribution in [0.4, 0.5) is 13.2 Å². The molecule has 1 unspecified atom stereocenters. The van der Waals surface area contributed by atoms with Gasteiger partial charge in [-0.15, -0.1) is 0 Å². The largest absolute Gasteiger partial charge is 0.501 e. The van der Waals surface area contributed by atoms with Gasteiger partial charge in [-0.3, -0.25) is 9.78 Å². The molecule has 2 N–H and O–H groups in total. The Labute approximate surface area is 171 Å². The predicted molar refractivity (Wildman–Crippen MR) is 94.1 cm³/mol. The van der Waals surface area contributed by atoms with E-state index >= 15 is 0 Å². The van der Waals surface area contributed by atoms with Gasteiger partial charge >= 0.3 is 5.51 Å². The lowest BCUT2D eigenvalue weighted by atomic mass is 10.2. The van der Waals surface area contributed by atoms with Crippen LogP contribution in [0.1, 0.15) is 22.4 Å². The van der Waals surface area contributed by atoms with Crippen molar-refractivity contribution >= 4 is 27.3 Å². The molecule has 0 aliphatic heterocycles. The monoisotopic (exact) mass is 462 g/mol. The molecule has 3 aromatic rings. The van der Waals surface area contributed by atoms with Crippen molar-refractivity contribution in [2.24, 2.45) is 0 Å². The number of halogens is 4. The summed E-state index contributed by atoms with van der Waals surface area (Å²) in [4.78, 5) is 22.8. The fourth-order valence-corrected chi connectivity index (χ4v) is 3.40. The zero-order chi connectivity index (χ0) is 22.1. The molecule has 0 saturated carbocycles. The van der Waals surface area contributed by atoms with E-state index < -0.39 is 43.0 Å². The maximum atomic E-state index is 12.8. The van der Waals surface area contributed by atoms with Gasteiger partial charge in [-0.1, -0.05) is 11.6 Å². The van der Waals surface area contributed by atoms with Crippen LogP contribution in [0.25, 0.3) is 5.82 Å². The second-order valence-corrected chi connectivity index (χ2v) is 7.97. The number of nitrogens with zero attached hydrogens (tertiary/aromatic N) is 5. The van der Waals surface area contributed by atoms with Gasteiger partial charge in [0.1, 0.15) is 6.33 Å². The highest BCUT2D eigenvalue weighted by Gasteiger charge is 2.47. The number of aromatic nitrogens is 5. The molecule has 1 amide bonds. The van der Waals surface area contributed by atoms with Crippen LogP contribution in [0.2, 0.25) is 5.02 Å². The minimum absolute atomic E-state index is 0.166. The first-order chi connectivity index (χ1) is 14.0. The number of hydrogen-bond acceptors (Lipinski definition) is 8. The Morgan fingerprint density at radius 3 is 2.57 bits per heavy atom. The summed E-state index contributed by atoms with van der Waals surface area (Å²) in [7, 11) is -5.74. The van der Waals surface area contributed by atoms with E-state index in [0.717, 1.165) is 17.1 Å². The molecule has 2 aromatic heterocycles. The summed E-state index contributed by atoms with van der Waals surface area (Å²) >= 11 is 5.68. The van der Waals surface area contributed by atoms with Gasteiger partial charge in [0.25, 0.3) is 15.7 Å². The molecule has 1 atom stereocenters. The zero-order valence-electron chi connectivity index (χ0n) is 14.4. The minimum atomic E-state index is -5.74. The number of nitrogens with one attached hydrogen (secondary N) is 1. The fourth-order valence-electron chi connectivity index (χ4n) is 2.27. The van der Waals surface area contributed by atoms with E-state index in [0.29, 0.717) is 12.1 Å². The molecular formula is C15H10ClF3N6O4S. The summed E-state index contributed by atoms with van der Waals surface area (Å²) in [6, 6.07) is 1.98. The van der Waals surface area contributed by atoms with Gasteiger partial charge in [-0.05, 0) is 18.2 Å². The molecule has 10 nitrogen and oxygen atoms in total. The maximum absolute atomic E-state index is 12.8. The quantitative estimate of drug-likeness (QED) is 0.542. The molecule has 1 aromatic carbocycles. The van der Waals surface area contributed by atoms with Gasteiger partial charge in [0.05, 0.1) is 11.1 Å². The van der Waals surface area contributed by atoms with Crippen LogP contribution < -0.4 is 5.32 Å². The molecule has 2 heterocycles. The van der Waals surface area contributed by atoms with Crippen molar-refractivity contribution in [2.75, 3.05) is 0 Å². The SMILES string of the molecule is O=C(NC(O)c1ncnn1-c1cnccn1)c1cc(Cl)cc(S(=O)(=O)C(F)(F)F)c1. The van der Waals surface area contributed by atoms with Crippen LogP contribution in [0.15, 0.2) is 48.0 Å². The van der Waals surface area contributed by atoms with Gasteiger partial charge in [0.15, 0.2) is 17.9 Å². The molecule has 0 radical (unpaired) electrons. The van der Waals surface area contributed by atoms with E-state index in [1.54, 1.807) is 0 Å². The first-order valence-corrected chi connectivity index (χ1v) is 9.64. The molecule has 0 aliphatic rings. The average molecular weight is 463 g/mol. The van der Waals surface area contributed by atoms with Gasteiger partial charge in [0, 0.05) is 23.0 Å². The number of aliphatic hydroxyl groups is 1. The fraction of sp³-hybridized carbons (Fsp3) is 0.133. The summed E-state index contributed by atoms with van der Waals surface area (Å²) in [6.07, 6.45) is 3.33. The third kappa shape index (κ3) is 4.24. The summed E-state index contributed by atoms with van der Waals surface area (Å²) in [6.45, 7) is 0. The predicted octanol–water partition coefficient (Wildman–Crippen LogP) is 1.43. The number of benzene rings is 1. The molecular weight excluding hydrogens is 453 g/mol. The van der Waals surface area contributed by atoms with Crippen molar-refractivity contribution in [2.45, 2.75) is 16.6 Å². The number of amides is 1. The Balaban J connectivity index is 1.88. The van der Waals surface area contributed by atoms with Crippen molar-refractivity contribution in [3.8, 4) is 5.82 Å². The lowest BCUT2D eigenvalue weighted by Crippen LogP contribution is -2.31. The average Bonchev–Trinajstić information content (AvgIpc) is 3.17. The normalized spacial score (nSPS) is 13.1. The molecule has 0 saturated heterocycles. The number of hydrogen-bond donors (Lipinski definition) is 2. The number of sulfone groups is 1. The summed E-state index contributed by atoms with van der Waals surface area (Å²) in [5.41, 5.74) is -6.12. The Morgan fingerprint density at radius 2 is 1.93 bits per heavy atom. The molecule has 3 rings (SSSR count). The lowest BCUT2D eigenvalue weighted by Gasteiger charge is -2.14. The summed E-state index contributed by atoms with van der Waals surface area (Å²) in [5.74, 6) is -1.13. The summed E-state index contributed by atoms with van der Waals surface area (Å²) in [5, 5.41) is 15.8. The van der Waals surface area contributed by atoms with Crippen LogP contribution >= 0.6 is 11.6 Å². The van der Waals surface area contributed by atoms with E-state index in [1.807, 2.05) is 0 Å². The Morgan fingerprint density at radius 1 is 1.20 bits per heavy atom. The van der Waals surface area contributed by atoms with E-state index in [2.05, 4.69) is 25.4 Å². The maximum Gasteiger partial charge on any atom is 0.501 e. The molecule has 0 bridgehead atoms. The third-order valence-electron chi connectivity index (χ3n) is 3.60. The first kappa shape index (κ1) is 21.6. The number of alkyl halides is 3. The second kappa shape index (κ2) is 7.97. The van der Waals surface area contributed by atoms with E-state index in [9.17, 15) is 31.5 Å². The Kier molecular flexibility index (Phi) is 5.74. The third-order valence-corrected chi connectivity index (χ3v) is 5.29. The first-order valence-electron chi connectivity index (χ1n) is 7.78. The van der Waals surface area contributed by atoms with Crippen LogP contribution in [0.5, 0.6) is 0 Å². The molecule has 30 heavy (non-hydrogen) atoms. The smallest absolute Gasteiger partial charge is 0.367 e. The lowest BCUT2D eigenvalue weighted by molar-refractivity contribution is -0.0436. The molecule has 158 valence electrons. The number of carbonyl (C=O) groups excluding carboxylic acids is 1. The van der Waals surface area contributed by atoms with Gasteiger partial charge in [-0.2, -0.15) is 23.0 Å². The molecule has 0 fully saturated rings. The Hall–Kier alpha value is -3.10. The standard InChI is InChI=1S/C15H10ClF3N6O4S/c16-9-3-8(4-10(5-9)30(28,29)15(17,18)19)13(26)24-14(27)12-22-7-23-25(12)11-6-20-1-2-21-11/h1-7,14,27H,(H,24,26). The summed E-state index contributed by atoms with van der Waals surface area (Å²) < 4.78 is 62.6. The Bertz CT molecular complexity index is 1190. The number of carbonyl (C=O) groups is 1. The van der Waals surface area contributed by atoms with Crippen LogP contribution in [-0.4, -0.2) is 49.7 Å². The number of aliphatic hydroxyl groups excluding tert-OH is 1. The highest BCUT2D eigenvalue weighted by atomic mass is 35.5. The van der Waals surface area contributed by atoms with Crippen LogP contribution in [0, 0.1) is 0 Å². The van der Waals surface area contributed by atoms with Crippen molar-refractivity contribution in [1.82, 2.24) is 30.0 Å². The number of rotatable bonds is 5. The van der Waals surface area contributed by atoms with Gasteiger partial charge < -0.3 is 10.4 Å². The topological polar surface area (TPSA) is 140 Å². The van der Waals surface area contributed by atoms with Crippen molar-refractivity contribution in [3.05, 3.63) is 59.5 Å². The van der Waals surface area contributed by atoms with Crippen molar-refractivity contribution < 1.29 is 31.5 Å². The van der Waals surface area contributed by atoms with Crippen molar-refractivity contribution in [1.29, 1.82) is 0 Å². The van der Waals surface area contributed by atoms with Crippen LogP contribution in [0.3, 0.4) is 0 Å². The van der Waals surface area contributed by atoms with E-state index in [-0.39, 0.29) is 11.6 Å². The zero-order valence-corrected chi connectivity index (χ0v) is 16.0. The van der Waals surface area contributed by atoms with Gasteiger partial charge in [-0.25, -0.2) is 18.4 Å². The molecule has 0 spiro atoms. The van der Waals surface area contributed by atoms with Crippen LogP contribution in [-0.2, 0) is 9.84 Å². The van der Waals surface area contributed by atoms with Crippen molar-refractivity contribution in [3.63, 3.8) is 0 Å². The van der Waals surface area contributed by atoms with E-state index in [4.69, 9.17) is 11.6 Å². The highest BCUT2D eigenvalue weighted by molar-refractivity contribution is 7.92. The molecule has 0 aliphatic carbocycles. The van der Waals surface area contributed by atoms with Gasteiger partial charge in [0.2, 0.25) is 0 Å². The second-order valence-electron chi connectivity index (χ2n) is 5.59. The van der Waals surface area contributed by atoms with E-state index in [1.165, 1.54) is 18.6 Å². The minimum Gasteiger partial charge on any atom is -0.367 e. The highest BCUT2D eigenvalue weighted by Crippen LogP contribution is 2.32.